The predicted octanol–water partition coefficient (Wildman–Crippen LogP) is 6.43. The van der Waals surface area contributed by atoms with Crippen LogP contribution in [0.1, 0.15) is 0 Å². The summed E-state index contributed by atoms with van der Waals surface area (Å²) in [6.07, 6.45) is 3.93. The molecule has 0 amide bonds. The molecular weight excluding hydrogens is 574 g/mol. The largest absolute Gasteiger partial charge is 0.458 e. The molecule has 0 fully saturated rings. The number of hydrogen-bond donors (Lipinski definition) is 0. The lowest BCUT2D eigenvalue weighted by Crippen LogP contribution is -2.55. The van der Waals surface area contributed by atoms with E-state index in [4.69, 9.17) is 14.7 Å². The van der Waals surface area contributed by atoms with Crippen molar-refractivity contribution < 1.29 is 4.74 Å². The SMILES string of the molecule is c1ccc(B2c3ccccc3Oc3cc(-c4ccc(N5B6c7ccccc7-c7ccccc7N6c6ccccc65)cn4)ncc32)cc1. The minimum absolute atomic E-state index is 0.0311. The number of ether oxygens (including phenoxy) is 1. The maximum atomic E-state index is 6.48. The third-order valence-corrected chi connectivity index (χ3v) is 9.66. The maximum Gasteiger partial charge on any atom is 0.421 e. The van der Waals surface area contributed by atoms with Crippen molar-refractivity contribution in [2.24, 2.45) is 0 Å². The van der Waals surface area contributed by atoms with E-state index in [1.807, 2.05) is 30.6 Å². The first-order valence-corrected chi connectivity index (χ1v) is 16.0. The lowest BCUT2D eigenvalue weighted by atomic mass is 9.36. The molecule has 0 spiro atoms. The summed E-state index contributed by atoms with van der Waals surface area (Å²) < 4.78 is 6.48. The summed E-state index contributed by atoms with van der Waals surface area (Å²) in [6, 6.07) is 51.2. The predicted molar refractivity (Wildman–Crippen MR) is 193 cm³/mol. The summed E-state index contributed by atoms with van der Waals surface area (Å²) in [5.41, 5.74) is 13.4. The number of anilines is 4. The van der Waals surface area contributed by atoms with Gasteiger partial charge in [0.2, 0.25) is 0 Å². The summed E-state index contributed by atoms with van der Waals surface area (Å²) in [5, 5.41) is 0. The Bertz CT molecular complexity index is 2330. The fourth-order valence-corrected chi connectivity index (χ4v) is 7.62. The molecule has 218 valence electrons. The molecule has 7 aromatic rings. The van der Waals surface area contributed by atoms with E-state index in [9.17, 15) is 0 Å². The van der Waals surface area contributed by atoms with Crippen LogP contribution in [0.2, 0.25) is 0 Å². The number of hydrogen-bond acceptors (Lipinski definition) is 5. The Morgan fingerprint density at radius 1 is 0.468 bits per heavy atom. The van der Waals surface area contributed by atoms with E-state index >= 15 is 0 Å². The zero-order chi connectivity index (χ0) is 30.9. The quantitative estimate of drug-likeness (QED) is 0.219. The van der Waals surface area contributed by atoms with E-state index in [1.165, 1.54) is 33.4 Å². The van der Waals surface area contributed by atoms with Crippen LogP contribution in [-0.4, -0.2) is 23.7 Å². The summed E-state index contributed by atoms with van der Waals surface area (Å²) in [7, 11) is 0. The van der Waals surface area contributed by atoms with Crippen LogP contribution < -0.4 is 36.2 Å². The van der Waals surface area contributed by atoms with Crippen molar-refractivity contribution in [1.29, 1.82) is 0 Å². The molecule has 5 aromatic carbocycles. The van der Waals surface area contributed by atoms with Crippen LogP contribution in [0.3, 0.4) is 0 Å². The highest BCUT2D eigenvalue weighted by Gasteiger charge is 2.47. The minimum Gasteiger partial charge on any atom is -0.458 e. The summed E-state index contributed by atoms with van der Waals surface area (Å²) in [6.45, 7) is 0.0196. The second kappa shape index (κ2) is 10.2. The smallest absolute Gasteiger partial charge is 0.421 e. The van der Waals surface area contributed by atoms with Gasteiger partial charge in [-0.15, -0.1) is 0 Å². The van der Waals surface area contributed by atoms with E-state index in [-0.39, 0.29) is 13.7 Å². The van der Waals surface area contributed by atoms with E-state index in [0.717, 1.165) is 45.2 Å². The van der Waals surface area contributed by atoms with Gasteiger partial charge in [0, 0.05) is 29.2 Å². The molecule has 0 bridgehead atoms. The van der Waals surface area contributed by atoms with Gasteiger partial charge in [-0.1, -0.05) is 109 Å². The maximum absolute atomic E-state index is 6.48. The Hall–Kier alpha value is -6.07. The Kier molecular flexibility index (Phi) is 5.69. The van der Waals surface area contributed by atoms with Gasteiger partial charge in [-0.05, 0) is 58.4 Å². The molecule has 0 N–H and O–H groups in total. The Labute approximate surface area is 274 Å². The summed E-state index contributed by atoms with van der Waals surface area (Å²) >= 11 is 0. The molecule has 3 aliphatic heterocycles. The number of pyridine rings is 2. The van der Waals surface area contributed by atoms with Crippen LogP contribution in [0, 0.1) is 0 Å². The highest BCUT2D eigenvalue weighted by Crippen LogP contribution is 2.50. The molecule has 5 nitrogen and oxygen atoms in total. The van der Waals surface area contributed by atoms with Gasteiger partial charge in [0.15, 0.2) is 0 Å². The number of nitrogens with zero attached hydrogens (tertiary/aromatic N) is 4. The van der Waals surface area contributed by atoms with Crippen molar-refractivity contribution in [3.8, 4) is 34.0 Å². The third-order valence-electron chi connectivity index (χ3n) is 9.66. The molecule has 0 saturated heterocycles. The molecule has 0 saturated carbocycles. The summed E-state index contributed by atoms with van der Waals surface area (Å²) in [5.74, 6) is 1.69. The van der Waals surface area contributed by atoms with Gasteiger partial charge >= 0.3 is 6.98 Å². The number of para-hydroxylation sites is 4. The topological polar surface area (TPSA) is 41.5 Å². The average Bonchev–Trinajstić information content (AvgIpc) is 3.50. The minimum atomic E-state index is -0.0311. The van der Waals surface area contributed by atoms with Crippen molar-refractivity contribution in [1.82, 2.24) is 9.97 Å². The zero-order valence-corrected chi connectivity index (χ0v) is 25.4. The second-order valence-electron chi connectivity index (χ2n) is 12.2. The van der Waals surface area contributed by atoms with Gasteiger partial charge < -0.3 is 14.4 Å². The Morgan fingerprint density at radius 3 is 1.94 bits per heavy atom. The van der Waals surface area contributed by atoms with Gasteiger partial charge in [0.1, 0.15) is 11.5 Å². The molecule has 0 unspecified atom stereocenters. The molecular formula is C40H26B2N4O. The van der Waals surface area contributed by atoms with Crippen LogP contribution in [0.5, 0.6) is 11.5 Å². The second-order valence-corrected chi connectivity index (χ2v) is 12.2. The summed E-state index contributed by atoms with van der Waals surface area (Å²) in [4.78, 5) is 14.8. The molecule has 0 aliphatic carbocycles. The van der Waals surface area contributed by atoms with Crippen LogP contribution >= 0.6 is 0 Å². The van der Waals surface area contributed by atoms with Gasteiger partial charge in [0.25, 0.3) is 6.71 Å². The van der Waals surface area contributed by atoms with Gasteiger partial charge in [-0.2, -0.15) is 0 Å². The lowest BCUT2D eigenvalue weighted by molar-refractivity contribution is 0.487. The normalized spacial score (nSPS) is 13.5. The highest BCUT2D eigenvalue weighted by molar-refractivity contribution is 6.96. The van der Waals surface area contributed by atoms with E-state index in [2.05, 4.69) is 137 Å². The van der Waals surface area contributed by atoms with Gasteiger partial charge in [-0.3, -0.25) is 9.97 Å². The molecule has 7 heteroatoms. The number of aromatic nitrogens is 2. The monoisotopic (exact) mass is 600 g/mol. The van der Waals surface area contributed by atoms with E-state index in [0.29, 0.717) is 0 Å². The first-order valence-electron chi connectivity index (χ1n) is 16.0. The molecule has 47 heavy (non-hydrogen) atoms. The molecule has 10 rings (SSSR count). The van der Waals surface area contributed by atoms with Crippen molar-refractivity contribution in [2.45, 2.75) is 0 Å². The number of fused-ring (bicyclic) bond motifs is 10. The highest BCUT2D eigenvalue weighted by atomic mass is 16.5. The molecule has 0 atom stereocenters. The van der Waals surface area contributed by atoms with Gasteiger partial charge in [0.05, 0.1) is 29.0 Å². The van der Waals surface area contributed by atoms with Crippen LogP contribution in [0.15, 0.2) is 158 Å². The average molecular weight is 600 g/mol. The molecule has 5 heterocycles. The van der Waals surface area contributed by atoms with Crippen LogP contribution in [-0.2, 0) is 0 Å². The van der Waals surface area contributed by atoms with Crippen molar-refractivity contribution in [3.63, 3.8) is 0 Å². The molecule has 2 aromatic heterocycles. The van der Waals surface area contributed by atoms with Crippen LogP contribution in [0.25, 0.3) is 22.5 Å². The lowest BCUT2D eigenvalue weighted by Gasteiger charge is -2.36. The molecule has 3 aliphatic rings. The third kappa shape index (κ3) is 3.93. The Morgan fingerprint density at radius 2 is 1.13 bits per heavy atom. The zero-order valence-electron chi connectivity index (χ0n) is 25.4. The van der Waals surface area contributed by atoms with E-state index in [1.54, 1.807) is 0 Å². The van der Waals surface area contributed by atoms with Gasteiger partial charge in [-0.25, -0.2) is 0 Å². The number of benzene rings is 5. The fourth-order valence-electron chi connectivity index (χ4n) is 7.62. The van der Waals surface area contributed by atoms with Crippen LogP contribution in [0.4, 0.5) is 22.7 Å². The standard InChI is InChI=1S/C40H26B2N4O/c1-2-12-27(13-3-1)41-32-17-7-11-21-39(32)47-40-24-35(44-26-33(40)41)34-23-22-28(25-43-34)45-37-19-9-10-20-38(37)46-36-18-8-5-15-30(36)29-14-4-6-16-31(29)42(45)46/h1-26H. The Balaban J connectivity index is 1.05. The van der Waals surface area contributed by atoms with E-state index < -0.39 is 0 Å². The van der Waals surface area contributed by atoms with Crippen molar-refractivity contribution in [2.75, 3.05) is 9.62 Å². The van der Waals surface area contributed by atoms with Crippen molar-refractivity contribution >= 4 is 58.3 Å². The van der Waals surface area contributed by atoms with Crippen molar-refractivity contribution in [3.05, 3.63) is 158 Å². The fraction of sp³-hybridized carbons (Fsp3) is 0. The number of rotatable bonds is 3. The first-order chi connectivity index (χ1) is 23.3. The molecule has 0 radical (unpaired) electrons. The first kappa shape index (κ1) is 26.2.